The van der Waals surface area contributed by atoms with Gasteiger partial charge in [-0.05, 0) is 24.1 Å². The number of unbranched alkanes of at least 4 members (excludes halogenated alkanes) is 5. The highest BCUT2D eigenvalue weighted by atomic mass is 19.1. The maximum Gasteiger partial charge on any atom is 0.220 e. The SMILES string of the molecule is CCCCCCCCC(=O)NCc1ccc(F)c(OC)c1. The molecular formula is C17H26FNO2. The Morgan fingerprint density at radius 3 is 2.62 bits per heavy atom. The number of benzene rings is 1. The van der Waals surface area contributed by atoms with Crippen LogP contribution >= 0.6 is 0 Å². The van der Waals surface area contributed by atoms with Crippen LogP contribution in [0.4, 0.5) is 4.39 Å². The standard InChI is InChI=1S/C17H26FNO2/c1-3-4-5-6-7-8-9-17(20)19-13-14-10-11-15(18)16(12-14)21-2/h10-12H,3-9,13H2,1-2H3,(H,19,20). The summed E-state index contributed by atoms with van der Waals surface area (Å²) in [5, 5.41) is 2.85. The highest BCUT2D eigenvalue weighted by Crippen LogP contribution is 2.18. The average Bonchev–Trinajstić information content (AvgIpc) is 2.50. The number of rotatable bonds is 10. The van der Waals surface area contributed by atoms with Gasteiger partial charge < -0.3 is 10.1 Å². The quantitative estimate of drug-likeness (QED) is 0.657. The van der Waals surface area contributed by atoms with E-state index in [1.165, 1.54) is 38.9 Å². The first kappa shape index (κ1) is 17.5. The fourth-order valence-electron chi connectivity index (χ4n) is 2.17. The molecule has 0 aliphatic rings. The Labute approximate surface area is 126 Å². The number of ether oxygens (including phenoxy) is 1. The summed E-state index contributed by atoms with van der Waals surface area (Å²) >= 11 is 0. The molecule has 3 nitrogen and oxygen atoms in total. The summed E-state index contributed by atoms with van der Waals surface area (Å²) in [5.41, 5.74) is 0.838. The summed E-state index contributed by atoms with van der Waals surface area (Å²) in [6, 6.07) is 4.62. The van der Waals surface area contributed by atoms with Crippen LogP contribution in [-0.4, -0.2) is 13.0 Å². The van der Waals surface area contributed by atoms with Crippen LogP contribution in [0.25, 0.3) is 0 Å². The van der Waals surface area contributed by atoms with Crippen molar-refractivity contribution in [3.8, 4) is 5.75 Å². The van der Waals surface area contributed by atoms with E-state index in [-0.39, 0.29) is 17.5 Å². The molecule has 21 heavy (non-hydrogen) atoms. The normalized spacial score (nSPS) is 10.4. The maximum absolute atomic E-state index is 13.3. The van der Waals surface area contributed by atoms with Crippen LogP contribution in [0.5, 0.6) is 5.75 Å². The lowest BCUT2D eigenvalue weighted by molar-refractivity contribution is -0.121. The van der Waals surface area contributed by atoms with E-state index in [9.17, 15) is 9.18 Å². The predicted molar refractivity (Wildman–Crippen MR) is 82.8 cm³/mol. The molecule has 1 aromatic rings. The molecule has 0 bridgehead atoms. The Hall–Kier alpha value is -1.58. The van der Waals surface area contributed by atoms with Gasteiger partial charge in [0, 0.05) is 13.0 Å². The second-order valence-electron chi connectivity index (χ2n) is 5.26. The van der Waals surface area contributed by atoms with Gasteiger partial charge in [-0.3, -0.25) is 4.79 Å². The smallest absolute Gasteiger partial charge is 0.220 e. The highest BCUT2D eigenvalue weighted by Gasteiger charge is 2.05. The molecule has 0 saturated heterocycles. The van der Waals surface area contributed by atoms with Crippen LogP contribution < -0.4 is 10.1 Å². The minimum atomic E-state index is -0.389. The van der Waals surface area contributed by atoms with Gasteiger partial charge in [0.25, 0.3) is 0 Å². The molecule has 4 heteroatoms. The molecule has 0 aromatic heterocycles. The van der Waals surface area contributed by atoms with Crippen LogP contribution in [0, 0.1) is 5.82 Å². The van der Waals surface area contributed by atoms with E-state index in [4.69, 9.17) is 4.74 Å². The van der Waals surface area contributed by atoms with Gasteiger partial charge in [0.15, 0.2) is 11.6 Å². The van der Waals surface area contributed by atoms with Gasteiger partial charge in [-0.15, -0.1) is 0 Å². The van der Waals surface area contributed by atoms with Crippen LogP contribution in [0.2, 0.25) is 0 Å². The summed E-state index contributed by atoms with van der Waals surface area (Å²) in [6.07, 6.45) is 7.58. The predicted octanol–water partition coefficient (Wildman–Crippen LogP) is 4.20. The number of nitrogens with one attached hydrogen (secondary N) is 1. The Balaban J connectivity index is 2.21. The minimum Gasteiger partial charge on any atom is -0.494 e. The molecule has 0 unspecified atom stereocenters. The average molecular weight is 295 g/mol. The second kappa shape index (κ2) is 10.2. The Morgan fingerprint density at radius 2 is 1.90 bits per heavy atom. The van der Waals surface area contributed by atoms with Crippen molar-refractivity contribution in [2.24, 2.45) is 0 Å². The molecule has 0 saturated carbocycles. The number of hydrogen-bond donors (Lipinski definition) is 1. The van der Waals surface area contributed by atoms with Crippen LogP contribution in [0.1, 0.15) is 57.4 Å². The van der Waals surface area contributed by atoms with Crippen LogP contribution in [-0.2, 0) is 11.3 Å². The lowest BCUT2D eigenvalue weighted by Crippen LogP contribution is -2.22. The topological polar surface area (TPSA) is 38.3 Å². The van der Waals surface area contributed by atoms with E-state index in [1.54, 1.807) is 12.1 Å². The van der Waals surface area contributed by atoms with Gasteiger partial charge in [0.05, 0.1) is 7.11 Å². The van der Waals surface area contributed by atoms with Gasteiger partial charge in [0.1, 0.15) is 0 Å². The first-order valence-corrected chi connectivity index (χ1v) is 7.76. The van der Waals surface area contributed by atoms with Gasteiger partial charge in [0.2, 0.25) is 5.91 Å². The Morgan fingerprint density at radius 1 is 1.19 bits per heavy atom. The molecule has 0 aliphatic carbocycles. The summed E-state index contributed by atoms with van der Waals surface area (Å²) in [6.45, 7) is 2.60. The van der Waals surface area contributed by atoms with E-state index in [1.807, 2.05) is 0 Å². The summed E-state index contributed by atoms with van der Waals surface area (Å²) in [5.74, 6) is -0.133. The van der Waals surface area contributed by atoms with Crippen LogP contribution in [0.15, 0.2) is 18.2 Å². The van der Waals surface area contributed by atoms with Crippen molar-refractivity contribution in [1.29, 1.82) is 0 Å². The zero-order valence-electron chi connectivity index (χ0n) is 13.1. The first-order chi connectivity index (χ1) is 10.2. The molecule has 0 spiro atoms. The van der Waals surface area contributed by atoms with Crippen molar-refractivity contribution in [3.05, 3.63) is 29.6 Å². The zero-order valence-corrected chi connectivity index (χ0v) is 13.1. The van der Waals surface area contributed by atoms with Crippen molar-refractivity contribution >= 4 is 5.91 Å². The van der Waals surface area contributed by atoms with E-state index in [0.29, 0.717) is 13.0 Å². The van der Waals surface area contributed by atoms with Gasteiger partial charge in [-0.1, -0.05) is 45.1 Å². The molecule has 0 heterocycles. The molecule has 118 valence electrons. The number of halogens is 1. The largest absolute Gasteiger partial charge is 0.494 e. The number of carbonyl (C=O) groups is 1. The molecule has 1 rings (SSSR count). The van der Waals surface area contributed by atoms with Crippen molar-refractivity contribution in [3.63, 3.8) is 0 Å². The van der Waals surface area contributed by atoms with E-state index in [0.717, 1.165) is 18.4 Å². The zero-order chi connectivity index (χ0) is 15.5. The van der Waals surface area contributed by atoms with Gasteiger partial charge in [-0.2, -0.15) is 0 Å². The first-order valence-electron chi connectivity index (χ1n) is 7.76. The third-order valence-electron chi connectivity index (χ3n) is 3.46. The second-order valence-corrected chi connectivity index (χ2v) is 5.26. The third kappa shape index (κ3) is 7.11. The van der Waals surface area contributed by atoms with E-state index in [2.05, 4.69) is 12.2 Å². The highest BCUT2D eigenvalue weighted by molar-refractivity contribution is 5.75. The summed E-state index contributed by atoms with van der Waals surface area (Å²) in [4.78, 5) is 11.7. The monoisotopic (exact) mass is 295 g/mol. The fourth-order valence-corrected chi connectivity index (χ4v) is 2.17. The number of methoxy groups -OCH3 is 1. The van der Waals surface area contributed by atoms with Crippen molar-refractivity contribution in [2.75, 3.05) is 7.11 Å². The Kier molecular flexibility index (Phi) is 8.48. The fraction of sp³-hybridized carbons (Fsp3) is 0.588. The third-order valence-corrected chi connectivity index (χ3v) is 3.46. The molecule has 0 atom stereocenters. The minimum absolute atomic E-state index is 0.0498. The van der Waals surface area contributed by atoms with Crippen molar-refractivity contribution in [2.45, 2.75) is 58.4 Å². The molecule has 1 N–H and O–H groups in total. The molecular weight excluding hydrogens is 269 g/mol. The molecule has 1 amide bonds. The lowest BCUT2D eigenvalue weighted by Gasteiger charge is -2.08. The van der Waals surface area contributed by atoms with Crippen molar-refractivity contribution in [1.82, 2.24) is 5.32 Å². The molecule has 0 radical (unpaired) electrons. The Bertz CT molecular complexity index is 435. The molecule has 0 aliphatic heterocycles. The molecule has 1 aromatic carbocycles. The number of carbonyl (C=O) groups excluding carboxylic acids is 1. The van der Waals surface area contributed by atoms with E-state index >= 15 is 0 Å². The van der Waals surface area contributed by atoms with E-state index < -0.39 is 0 Å². The maximum atomic E-state index is 13.3. The number of hydrogen-bond acceptors (Lipinski definition) is 2. The van der Waals surface area contributed by atoms with Crippen LogP contribution in [0.3, 0.4) is 0 Å². The van der Waals surface area contributed by atoms with Gasteiger partial charge in [-0.25, -0.2) is 4.39 Å². The molecule has 0 fully saturated rings. The van der Waals surface area contributed by atoms with Gasteiger partial charge >= 0.3 is 0 Å². The summed E-state index contributed by atoms with van der Waals surface area (Å²) < 4.78 is 18.2. The number of amides is 1. The lowest BCUT2D eigenvalue weighted by atomic mass is 10.1. The van der Waals surface area contributed by atoms with Crippen molar-refractivity contribution < 1.29 is 13.9 Å². The summed E-state index contributed by atoms with van der Waals surface area (Å²) in [7, 11) is 1.43.